The van der Waals surface area contributed by atoms with Crippen molar-refractivity contribution in [3.63, 3.8) is 0 Å². The summed E-state index contributed by atoms with van der Waals surface area (Å²) in [5.41, 5.74) is -0.895. The van der Waals surface area contributed by atoms with E-state index in [1.54, 1.807) is 0 Å². The number of alkyl halides is 5. The highest BCUT2D eigenvalue weighted by Gasteiger charge is 2.32. The van der Waals surface area contributed by atoms with Crippen LogP contribution in [0.1, 0.15) is 15.9 Å². The maximum absolute atomic E-state index is 12.6. The number of ether oxygens (including phenoxy) is 2. The maximum atomic E-state index is 12.6. The van der Waals surface area contributed by atoms with Crippen LogP contribution in [0.25, 0.3) is 0 Å². The molecular weight excluding hydrogens is 323 g/mol. The Kier molecular flexibility index (Phi) is 4.83. The Hall–Kier alpha value is -2.64. The number of halogens is 5. The van der Waals surface area contributed by atoms with Crippen molar-refractivity contribution in [1.82, 2.24) is 0 Å². The molecule has 2 aromatic carbocycles. The normalized spacial score (nSPS) is 11.4. The van der Waals surface area contributed by atoms with Crippen molar-refractivity contribution >= 4 is 6.29 Å². The maximum Gasteiger partial charge on any atom is 0.416 e. The van der Waals surface area contributed by atoms with E-state index < -0.39 is 24.1 Å². The molecule has 2 aromatic rings. The number of carbonyl (C=O) groups excluding carboxylic acids is 1. The van der Waals surface area contributed by atoms with E-state index in [0.29, 0.717) is 18.4 Å². The molecule has 23 heavy (non-hydrogen) atoms. The van der Waals surface area contributed by atoms with Crippen LogP contribution in [0.4, 0.5) is 22.0 Å². The van der Waals surface area contributed by atoms with Crippen molar-refractivity contribution in [2.45, 2.75) is 12.8 Å². The Morgan fingerprint density at radius 1 is 1.00 bits per heavy atom. The van der Waals surface area contributed by atoms with Crippen molar-refractivity contribution in [2.75, 3.05) is 0 Å². The Labute approximate surface area is 127 Å². The molecule has 0 saturated heterocycles. The van der Waals surface area contributed by atoms with Gasteiger partial charge in [-0.05, 0) is 30.3 Å². The van der Waals surface area contributed by atoms with Gasteiger partial charge in [-0.25, -0.2) is 0 Å². The zero-order valence-corrected chi connectivity index (χ0v) is 11.3. The fraction of sp³-hybridized carbons (Fsp3) is 0.133. The monoisotopic (exact) mass is 332 g/mol. The van der Waals surface area contributed by atoms with Gasteiger partial charge in [0.1, 0.15) is 12.0 Å². The van der Waals surface area contributed by atoms with Crippen LogP contribution in [0.3, 0.4) is 0 Å². The lowest BCUT2D eigenvalue weighted by Gasteiger charge is -2.14. The van der Waals surface area contributed by atoms with Crippen LogP contribution in [0.15, 0.2) is 42.5 Å². The average molecular weight is 332 g/mol. The molecule has 2 rings (SSSR count). The van der Waals surface area contributed by atoms with Crippen LogP contribution in [-0.4, -0.2) is 12.9 Å². The number of hydrogen-bond acceptors (Lipinski definition) is 3. The molecule has 0 amide bonds. The molecule has 0 radical (unpaired) electrons. The fourth-order valence-corrected chi connectivity index (χ4v) is 1.74. The standard InChI is InChI=1S/C15H9F5O3/c16-14(17)23-13-7-10(15(18,19)20)4-5-12(13)22-11-3-1-2-9(6-11)8-21/h1-8,14H. The number of hydrogen-bond donors (Lipinski definition) is 0. The third-order valence-electron chi connectivity index (χ3n) is 2.71. The van der Waals surface area contributed by atoms with Gasteiger partial charge >= 0.3 is 12.8 Å². The summed E-state index contributed by atoms with van der Waals surface area (Å²) in [5, 5.41) is 0. The van der Waals surface area contributed by atoms with Gasteiger partial charge in [0.25, 0.3) is 0 Å². The molecule has 0 saturated carbocycles. The number of rotatable bonds is 5. The molecule has 0 aliphatic rings. The van der Waals surface area contributed by atoms with Gasteiger partial charge in [-0.2, -0.15) is 22.0 Å². The van der Waals surface area contributed by atoms with Gasteiger partial charge in [0, 0.05) is 5.56 Å². The molecule has 0 aliphatic carbocycles. The number of carbonyl (C=O) groups is 1. The lowest BCUT2D eigenvalue weighted by atomic mass is 10.2. The van der Waals surface area contributed by atoms with Crippen LogP contribution in [0, 0.1) is 0 Å². The summed E-state index contributed by atoms with van der Waals surface area (Å²) in [6.07, 6.45) is -4.17. The van der Waals surface area contributed by atoms with Crippen molar-refractivity contribution in [1.29, 1.82) is 0 Å². The summed E-state index contributed by atoms with van der Waals surface area (Å²) in [6.45, 7) is -3.32. The minimum absolute atomic E-state index is 0.0912. The van der Waals surface area contributed by atoms with E-state index in [1.807, 2.05) is 0 Å². The molecule has 0 N–H and O–H groups in total. The Bertz CT molecular complexity index is 698. The molecule has 3 nitrogen and oxygen atoms in total. The van der Waals surface area contributed by atoms with Crippen LogP contribution >= 0.6 is 0 Å². The Morgan fingerprint density at radius 2 is 1.74 bits per heavy atom. The smallest absolute Gasteiger partial charge is 0.416 e. The van der Waals surface area contributed by atoms with Crippen LogP contribution in [0.2, 0.25) is 0 Å². The van der Waals surface area contributed by atoms with E-state index >= 15 is 0 Å². The molecular formula is C15H9F5O3. The average Bonchev–Trinajstić information content (AvgIpc) is 2.47. The minimum atomic E-state index is -4.71. The summed E-state index contributed by atoms with van der Waals surface area (Å²) in [6, 6.07) is 7.63. The van der Waals surface area contributed by atoms with Gasteiger partial charge in [-0.3, -0.25) is 4.79 Å². The first-order valence-corrected chi connectivity index (χ1v) is 6.19. The van der Waals surface area contributed by atoms with Gasteiger partial charge in [-0.15, -0.1) is 0 Å². The van der Waals surface area contributed by atoms with Crippen molar-refractivity contribution in [3.05, 3.63) is 53.6 Å². The molecule has 0 bridgehead atoms. The quantitative estimate of drug-likeness (QED) is 0.576. The Balaban J connectivity index is 2.38. The lowest BCUT2D eigenvalue weighted by Crippen LogP contribution is -2.08. The molecule has 0 heterocycles. The second kappa shape index (κ2) is 6.64. The van der Waals surface area contributed by atoms with Gasteiger partial charge in [0.05, 0.1) is 5.56 Å². The predicted molar refractivity (Wildman–Crippen MR) is 70.0 cm³/mol. The molecule has 0 atom stereocenters. The highest BCUT2D eigenvalue weighted by molar-refractivity contribution is 5.75. The molecule has 0 spiro atoms. The topological polar surface area (TPSA) is 35.5 Å². The summed E-state index contributed by atoms with van der Waals surface area (Å²) < 4.78 is 72.0. The van der Waals surface area contributed by atoms with Crippen LogP contribution < -0.4 is 9.47 Å². The second-order valence-electron chi connectivity index (χ2n) is 4.33. The first kappa shape index (κ1) is 16.7. The SMILES string of the molecule is O=Cc1cccc(Oc2ccc(C(F)(F)F)cc2OC(F)F)c1. The highest BCUT2D eigenvalue weighted by atomic mass is 19.4. The van der Waals surface area contributed by atoms with Gasteiger partial charge in [-0.1, -0.05) is 12.1 Å². The molecule has 0 aliphatic heterocycles. The molecule has 8 heteroatoms. The van der Waals surface area contributed by atoms with E-state index in [0.717, 1.165) is 6.07 Å². The largest absolute Gasteiger partial charge is 0.453 e. The molecule has 0 unspecified atom stereocenters. The van der Waals surface area contributed by atoms with E-state index in [4.69, 9.17) is 4.74 Å². The first-order valence-electron chi connectivity index (χ1n) is 6.19. The van der Waals surface area contributed by atoms with Crippen LogP contribution in [0.5, 0.6) is 17.2 Å². The third kappa shape index (κ3) is 4.41. The van der Waals surface area contributed by atoms with E-state index in [2.05, 4.69) is 4.74 Å². The zero-order valence-electron chi connectivity index (χ0n) is 11.3. The minimum Gasteiger partial charge on any atom is -0.453 e. The van der Waals surface area contributed by atoms with Crippen molar-refractivity contribution < 1.29 is 36.2 Å². The summed E-state index contributed by atoms with van der Waals surface area (Å²) in [5.74, 6) is -0.999. The lowest BCUT2D eigenvalue weighted by molar-refractivity contribution is -0.138. The second-order valence-corrected chi connectivity index (χ2v) is 4.33. The Morgan fingerprint density at radius 3 is 2.35 bits per heavy atom. The van der Waals surface area contributed by atoms with E-state index in [9.17, 15) is 26.7 Å². The molecule has 122 valence electrons. The molecule has 0 aromatic heterocycles. The fourth-order valence-electron chi connectivity index (χ4n) is 1.74. The summed E-state index contributed by atoms with van der Waals surface area (Å²) >= 11 is 0. The van der Waals surface area contributed by atoms with Crippen molar-refractivity contribution in [2.24, 2.45) is 0 Å². The summed E-state index contributed by atoms with van der Waals surface area (Å²) in [4.78, 5) is 10.7. The first-order chi connectivity index (χ1) is 10.8. The summed E-state index contributed by atoms with van der Waals surface area (Å²) in [7, 11) is 0. The van der Waals surface area contributed by atoms with E-state index in [1.165, 1.54) is 24.3 Å². The number of aldehydes is 1. The van der Waals surface area contributed by atoms with Gasteiger partial charge in [0.2, 0.25) is 0 Å². The van der Waals surface area contributed by atoms with E-state index in [-0.39, 0.29) is 17.1 Å². The van der Waals surface area contributed by atoms with Gasteiger partial charge < -0.3 is 9.47 Å². The van der Waals surface area contributed by atoms with Crippen molar-refractivity contribution in [3.8, 4) is 17.2 Å². The third-order valence-corrected chi connectivity index (χ3v) is 2.71. The predicted octanol–water partition coefficient (Wildman–Crippen LogP) is 4.91. The molecule has 0 fully saturated rings. The zero-order chi connectivity index (χ0) is 17.0. The van der Waals surface area contributed by atoms with Crippen LogP contribution in [-0.2, 0) is 6.18 Å². The van der Waals surface area contributed by atoms with Gasteiger partial charge in [0.15, 0.2) is 11.5 Å². The highest BCUT2D eigenvalue weighted by Crippen LogP contribution is 2.38. The number of benzene rings is 2.